The molecule has 1 aliphatic carbocycles. The van der Waals surface area contributed by atoms with Gasteiger partial charge in [0.1, 0.15) is 11.5 Å². The number of hydrogen-bond acceptors (Lipinski definition) is 4. The minimum atomic E-state index is -0.00673. The van der Waals surface area contributed by atoms with Crippen molar-refractivity contribution in [3.63, 3.8) is 0 Å². The third-order valence-corrected chi connectivity index (χ3v) is 7.28. The van der Waals surface area contributed by atoms with Gasteiger partial charge >= 0.3 is 0 Å². The smallest absolute Gasteiger partial charge is 0.125 e. The van der Waals surface area contributed by atoms with Gasteiger partial charge in [-0.05, 0) is 67.2 Å². The van der Waals surface area contributed by atoms with Gasteiger partial charge in [0.15, 0.2) is 0 Å². The van der Waals surface area contributed by atoms with Gasteiger partial charge in [0.2, 0.25) is 0 Å². The number of rotatable bonds is 8. The van der Waals surface area contributed by atoms with Crippen molar-refractivity contribution in [2.75, 3.05) is 20.3 Å². The largest absolute Gasteiger partial charge is 0.507 e. The molecule has 4 nitrogen and oxygen atoms in total. The van der Waals surface area contributed by atoms with Gasteiger partial charge in [0.25, 0.3) is 0 Å². The average Bonchev–Trinajstić information content (AvgIpc) is 2.96. The predicted octanol–water partition coefficient (Wildman–Crippen LogP) is 5.44. The molecular weight excluding hydrogens is 400 g/mol. The Morgan fingerprint density at radius 2 is 1.47 bits per heavy atom. The number of aliphatic hydroxyl groups is 2. The highest BCUT2D eigenvalue weighted by Gasteiger charge is 2.35. The monoisotopic (exact) mass is 440 g/mol. The SMILES string of the molecule is COc1c(C)cc(CCO)cc1C(c1cc(CCO)cc(C)c1O)C1CCCCCC1C. The highest BCUT2D eigenvalue weighted by Crippen LogP contribution is 2.49. The third-order valence-electron chi connectivity index (χ3n) is 7.28. The quantitative estimate of drug-likeness (QED) is 0.478. The number of phenolic OH excluding ortho intramolecular Hbond substituents is 1. The lowest BCUT2D eigenvalue weighted by molar-refractivity contribution is 0.291. The molecule has 2 aromatic rings. The van der Waals surface area contributed by atoms with Crippen molar-refractivity contribution in [3.8, 4) is 11.5 Å². The van der Waals surface area contributed by atoms with Gasteiger partial charge in [0.05, 0.1) is 7.11 Å². The fourth-order valence-electron chi connectivity index (χ4n) is 5.70. The Kier molecular flexibility index (Phi) is 8.61. The third kappa shape index (κ3) is 5.29. The van der Waals surface area contributed by atoms with Crippen LogP contribution >= 0.6 is 0 Å². The second-order valence-corrected chi connectivity index (χ2v) is 9.59. The van der Waals surface area contributed by atoms with Crippen LogP contribution in [-0.2, 0) is 12.8 Å². The van der Waals surface area contributed by atoms with Crippen molar-refractivity contribution in [2.45, 2.75) is 71.6 Å². The van der Waals surface area contributed by atoms with Gasteiger partial charge in [-0.1, -0.05) is 56.9 Å². The van der Waals surface area contributed by atoms with Crippen molar-refractivity contribution in [1.82, 2.24) is 0 Å². The summed E-state index contributed by atoms with van der Waals surface area (Å²) in [6.07, 6.45) is 7.17. The molecule has 3 atom stereocenters. The molecule has 0 aliphatic heterocycles. The Balaban J connectivity index is 2.28. The first-order chi connectivity index (χ1) is 15.4. The van der Waals surface area contributed by atoms with Crippen LogP contribution in [0.3, 0.4) is 0 Å². The molecule has 0 amide bonds. The van der Waals surface area contributed by atoms with Crippen LogP contribution in [0, 0.1) is 25.7 Å². The first-order valence-electron chi connectivity index (χ1n) is 12.1. The summed E-state index contributed by atoms with van der Waals surface area (Å²) in [5, 5.41) is 30.4. The van der Waals surface area contributed by atoms with E-state index in [1.165, 1.54) is 25.7 Å². The number of aryl methyl sites for hydroxylation is 2. The molecule has 176 valence electrons. The van der Waals surface area contributed by atoms with Gasteiger partial charge in [-0.2, -0.15) is 0 Å². The molecular formula is C28H40O4. The lowest BCUT2D eigenvalue weighted by Crippen LogP contribution is -2.22. The van der Waals surface area contributed by atoms with Crippen LogP contribution in [-0.4, -0.2) is 35.6 Å². The topological polar surface area (TPSA) is 69.9 Å². The number of methoxy groups -OCH3 is 1. The van der Waals surface area contributed by atoms with Crippen LogP contribution in [0.2, 0.25) is 0 Å². The first-order valence-corrected chi connectivity index (χ1v) is 12.1. The molecule has 0 bridgehead atoms. The molecule has 32 heavy (non-hydrogen) atoms. The standard InChI is InChI=1S/C28H40O4/c1-18-8-6-5-7-9-23(18)26(24-16-21(10-12-29)14-19(2)27(24)31)25-17-22(11-13-30)15-20(3)28(25)32-4/h14-18,23,26,29-31H,5-13H2,1-4H3. The second kappa shape index (κ2) is 11.2. The van der Waals surface area contributed by atoms with E-state index >= 15 is 0 Å². The number of aliphatic hydroxyl groups excluding tert-OH is 2. The minimum absolute atomic E-state index is 0.00673. The van der Waals surface area contributed by atoms with Crippen LogP contribution < -0.4 is 4.74 Å². The van der Waals surface area contributed by atoms with E-state index in [-0.39, 0.29) is 19.1 Å². The van der Waals surface area contributed by atoms with Crippen molar-refractivity contribution in [1.29, 1.82) is 0 Å². The van der Waals surface area contributed by atoms with E-state index in [1.807, 2.05) is 13.0 Å². The normalized spacial score (nSPS) is 20.1. The number of aromatic hydroxyl groups is 1. The molecule has 0 aromatic heterocycles. The fourth-order valence-corrected chi connectivity index (χ4v) is 5.70. The Labute approximate surface area is 193 Å². The van der Waals surface area contributed by atoms with Crippen molar-refractivity contribution in [3.05, 3.63) is 57.6 Å². The van der Waals surface area contributed by atoms with E-state index in [0.717, 1.165) is 45.6 Å². The summed E-state index contributed by atoms with van der Waals surface area (Å²) in [5.74, 6) is 2.12. The maximum atomic E-state index is 11.3. The molecule has 0 radical (unpaired) electrons. The number of hydrogen-bond donors (Lipinski definition) is 3. The molecule has 0 heterocycles. The highest BCUT2D eigenvalue weighted by atomic mass is 16.5. The molecule has 1 saturated carbocycles. The van der Waals surface area contributed by atoms with Crippen LogP contribution in [0.4, 0.5) is 0 Å². The van der Waals surface area contributed by atoms with E-state index in [4.69, 9.17) is 4.74 Å². The molecule has 3 N–H and O–H groups in total. The van der Waals surface area contributed by atoms with Gasteiger partial charge in [-0.15, -0.1) is 0 Å². The Bertz CT molecular complexity index is 905. The molecule has 1 fully saturated rings. The van der Waals surface area contributed by atoms with E-state index in [1.54, 1.807) is 7.11 Å². The molecule has 2 aromatic carbocycles. The highest BCUT2D eigenvalue weighted by molar-refractivity contribution is 5.54. The van der Waals surface area contributed by atoms with E-state index in [2.05, 4.69) is 32.0 Å². The minimum Gasteiger partial charge on any atom is -0.507 e. The van der Waals surface area contributed by atoms with E-state index in [9.17, 15) is 15.3 Å². The predicted molar refractivity (Wildman–Crippen MR) is 130 cm³/mol. The van der Waals surface area contributed by atoms with Crippen LogP contribution in [0.15, 0.2) is 24.3 Å². The van der Waals surface area contributed by atoms with Crippen molar-refractivity contribution >= 4 is 0 Å². The van der Waals surface area contributed by atoms with E-state index in [0.29, 0.717) is 30.4 Å². The summed E-state index contributed by atoms with van der Waals surface area (Å²) in [4.78, 5) is 0. The van der Waals surface area contributed by atoms with E-state index < -0.39 is 0 Å². The second-order valence-electron chi connectivity index (χ2n) is 9.59. The zero-order chi connectivity index (χ0) is 23.3. The molecule has 4 heteroatoms. The molecule has 3 unspecified atom stereocenters. The summed E-state index contributed by atoms with van der Waals surface area (Å²) < 4.78 is 5.93. The van der Waals surface area contributed by atoms with Gasteiger partial charge in [-0.25, -0.2) is 0 Å². The lowest BCUT2D eigenvalue weighted by atomic mass is 9.71. The summed E-state index contributed by atoms with van der Waals surface area (Å²) in [6, 6.07) is 8.35. The Morgan fingerprint density at radius 1 is 0.875 bits per heavy atom. The first kappa shape index (κ1) is 24.6. The van der Waals surface area contributed by atoms with Crippen molar-refractivity contribution < 1.29 is 20.1 Å². The molecule has 3 rings (SSSR count). The molecule has 0 spiro atoms. The number of ether oxygens (including phenoxy) is 1. The fraction of sp³-hybridized carbons (Fsp3) is 0.571. The van der Waals surface area contributed by atoms with Crippen LogP contribution in [0.1, 0.15) is 78.3 Å². The summed E-state index contributed by atoms with van der Waals surface area (Å²) >= 11 is 0. The van der Waals surface area contributed by atoms with Crippen LogP contribution in [0.25, 0.3) is 0 Å². The summed E-state index contributed by atoms with van der Waals surface area (Å²) in [5.41, 5.74) is 6.08. The maximum absolute atomic E-state index is 11.3. The van der Waals surface area contributed by atoms with Gasteiger partial charge < -0.3 is 20.1 Å². The Hall–Kier alpha value is -2.04. The van der Waals surface area contributed by atoms with Gasteiger partial charge in [-0.3, -0.25) is 0 Å². The summed E-state index contributed by atoms with van der Waals surface area (Å²) in [7, 11) is 1.72. The molecule has 0 saturated heterocycles. The lowest BCUT2D eigenvalue weighted by Gasteiger charge is -2.34. The number of benzene rings is 2. The zero-order valence-electron chi connectivity index (χ0n) is 20.2. The maximum Gasteiger partial charge on any atom is 0.125 e. The summed E-state index contributed by atoms with van der Waals surface area (Å²) in [6.45, 7) is 6.54. The Morgan fingerprint density at radius 3 is 2.09 bits per heavy atom. The zero-order valence-corrected chi connectivity index (χ0v) is 20.2. The van der Waals surface area contributed by atoms with Crippen LogP contribution in [0.5, 0.6) is 11.5 Å². The van der Waals surface area contributed by atoms with Gasteiger partial charge in [0, 0.05) is 30.3 Å². The average molecular weight is 441 g/mol. The van der Waals surface area contributed by atoms with Crippen molar-refractivity contribution in [2.24, 2.45) is 11.8 Å². The molecule has 1 aliphatic rings. The number of phenols is 1.